The van der Waals surface area contributed by atoms with Crippen LogP contribution in [0.2, 0.25) is 0 Å². The summed E-state index contributed by atoms with van der Waals surface area (Å²) in [7, 11) is 1.62. The maximum absolute atomic E-state index is 12.5. The van der Waals surface area contributed by atoms with E-state index in [-0.39, 0.29) is 11.8 Å². The Morgan fingerprint density at radius 3 is 2.82 bits per heavy atom. The highest BCUT2D eigenvalue weighted by Gasteiger charge is 2.25. The zero-order valence-corrected chi connectivity index (χ0v) is 15.5. The molecule has 4 rings (SSSR count). The number of hydrogen-bond acceptors (Lipinski definition) is 4. The molecule has 1 aliphatic heterocycles. The lowest BCUT2D eigenvalue weighted by molar-refractivity contribution is -0.117. The van der Waals surface area contributed by atoms with Gasteiger partial charge in [0.05, 0.1) is 18.8 Å². The van der Waals surface area contributed by atoms with Gasteiger partial charge >= 0.3 is 0 Å². The maximum atomic E-state index is 12.5. The van der Waals surface area contributed by atoms with Gasteiger partial charge in [-0.2, -0.15) is 0 Å². The number of aromatic nitrogens is 1. The second-order valence-corrected chi connectivity index (χ2v) is 6.71. The first-order valence-corrected chi connectivity index (χ1v) is 8.85. The van der Waals surface area contributed by atoms with Crippen molar-refractivity contribution in [2.24, 2.45) is 5.73 Å². The molecular formula is C21H20N4O3. The Hall–Kier alpha value is -3.58. The van der Waals surface area contributed by atoms with Crippen molar-refractivity contribution in [3.8, 4) is 5.75 Å². The Bertz CT molecular complexity index is 1130. The number of hydrogen-bond donors (Lipinski definition) is 4. The van der Waals surface area contributed by atoms with Crippen molar-refractivity contribution in [2.75, 3.05) is 17.7 Å². The van der Waals surface area contributed by atoms with Gasteiger partial charge in [0.15, 0.2) is 0 Å². The Balaban J connectivity index is 1.71. The molecule has 2 heterocycles. The predicted molar refractivity (Wildman–Crippen MR) is 110 cm³/mol. The Morgan fingerprint density at radius 1 is 1.25 bits per heavy atom. The van der Waals surface area contributed by atoms with Crippen LogP contribution in [0.3, 0.4) is 0 Å². The molecule has 0 saturated carbocycles. The van der Waals surface area contributed by atoms with E-state index < -0.39 is 6.04 Å². The summed E-state index contributed by atoms with van der Waals surface area (Å²) in [5.74, 6) is 0.272. The first-order chi connectivity index (χ1) is 13.5. The molecule has 0 spiro atoms. The molecule has 0 aliphatic carbocycles. The van der Waals surface area contributed by atoms with E-state index in [1.807, 2.05) is 36.5 Å². The first kappa shape index (κ1) is 17.8. The molecule has 0 bridgehead atoms. The molecule has 0 fully saturated rings. The second kappa shape index (κ2) is 6.86. The highest BCUT2D eigenvalue weighted by atomic mass is 16.5. The molecule has 3 aromatic rings. The zero-order chi connectivity index (χ0) is 19.8. The van der Waals surface area contributed by atoms with E-state index in [9.17, 15) is 9.59 Å². The summed E-state index contributed by atoms with van der Waals surface area (Å²) in [4.78, 5) is 27.5. The van der Waals surface area contributed by atoms with Crippen LogP contribution in [-0.2, 0) is 9.59 Å². The number of H-pyrrole nitrogens is 1. The third kappa shape index (κ3) is 3.12. The summed E-state index contributed by atoms with van der Waals surface area (Å²) in [6.45, 7) is 1.61. The summed E-state index contributed by atoms with van der Waals surface area (Å²) in [6.07, 6.45) is 3.71. The minimum absolute atomic E-state index is 0.192. The quantitative estimate of drug-likeness (QED) is 0.525. The van der Waals surface area contributed by atoms with Crippen LogP contribution in [0.25, 0.3) is 22.6 Å². The smallest absolute Gasteiger partial charge is 0.256 e. The van der Waals surface area contributed by atoms with Gasteiger partial charge in [0, 0.05) is 39.5 Å². The number of anilines is 2. The summed E-state index contributed by atoms with van der Waals surface area (Å²) in [6, 6.07) is 10.4. The van der Waals surface area contributed by atoms with Crippen molar-refractivity contribution in [3.63, 3.8) is 0 Å². The molecule has 1 aliphatic rings. The van der Waals surface area contributed by atoms with Gasteiger partial charge in [-0.25, -0.2) is 0 Å². The monoisotopic (exact) mass is 376 g/mol. The summed E-state index contributed by atoms with van der Waals surface area (Å²) < 4.78 is 5.30. The number of methoxy groups -OCH3 is 1. The Kier molecular flexibility index (Phi) is 4.37. The van der Waals surface area contributed by atoms with E-state index in [0.29, 0.717) is 16.9 Å². The minimum atomic E-state index is -0.614. The van der Waals surface area contributed by atoms with E-state index in [4.69, 9.17) is 10.5 Å². The molecule has 0 unspecified atom stereocenters. The van der Waals surface area contributed by atoms with Gasteiger partial charge in [0.25, 0.3) is 5.91 Å². The molecule has 1 atom stereocenters. The number of ether oxygens (including phenoxy) is 1. The van der Waals surface area contributed by atoms with Gasteiger partial charge in [-0.15, -0.1) is 0 Å². The summed E-state index contributed by atoms with van der Waals surface area (Å²) in [5, 5.41) is 6.54. The van der Waals surface area contributed by atoms with Gasteiger partial charge in [-0.1, -0.05) is 6.07 Å². The zero-order valence-electron chi connectivity index (χ0n) is 15.5. The van der Waals surface area contributed by atoms with Crippen molar-refractivity contribution in [1.29, 1.82) is 0 Å². The molecule has 5 N–H and O–H groups in total. The number of nitrogens with two attached hydrogens (primary N) is 1. The van der Waals surface area contributed by atoms with Crippen molar-refractivity contribution >= 4 is 45.7 Å². The molecule has 7 heteroatoms. The summed E-state index contributed by atoms with van der Waals surface area (Å²) in [5.41, 5.74) is 10.00. The van der Waals surface area contributed by atoms with Gasteiger partial charge in [-0.3, -0.25) is 9.59 Å². The number of carbonyl (C=O) groups is 2. The third-order valence-electron chi connectivity index (χ3n) is 4.70. The topological polar surface area (TPSA) is 109 Å². The average Bonchev–Trinajstić information content (AvgIpc) is 3.22. The van der Waals surface area contributed by atoms with Crippen LogP contribution in [0.1, 0.15) is 18.1 Å². The molecule has 0 radical (unpaired) electrons. The molecule has 28 heavy (non-hydrogen) atoms. The normalized spacial score (nSPS) is 15.4. The fraction of sp³-hybridized carbons (Fsp3) is 0.143. The van der Waals surface area contributed by atoms with E-state index in [1.54, 1.807) is 26.2 Å². The first-order valence-electron chi connectivity index (χ1n) is 8.85. The van der Waals surface area contributed by atoms with Gasteiger partial charge in [0.1, 0.15) is 5.75 Å². The van der Waals surface area contributed by atoms with Crippen LogP contribution in [0.4, 0.5) is 11.4 Å². The fourth-order valence-corrected chi connectivity index (χ4v) is 3.19. The fourth-order valence-electron chi connectivity index (χ4n) is 3.19. The average molecular weight is 376 g/mol. The van der Waals surface area contributed by atoms with Gasteiger partial charge in [0.2, 0.25) is 5.91 Å². The van der Waals surface area contributed by atoms with E-state index in [2.05, 4.69) is 15.6 Å². The molecule has 7 nitrogen and oxygen atoms in total. The summed E-state index contributed by atoms with van der Waals surface area (Å²) >= 11 is 0. The number of fused-ring (bicyclic) bond motifs is 2. The standard InChI is InChI=1S/C21H20N4O3/c1-11(22)20(26)24-13-3-5-15-17(21(27)25-19(15)8-13)7-12-10-23-18-6-4-14(28-2)9-16(12)18/h3-11,23H,22H2,1-2H3,(H,24,26)(H,25,27)/b17-7+/t11-/m0/s1. The Morgan fingerprint density at radius 2 is 2.07 bits per heavy atom. The molecule has 1 aromatic heterocycles. The van der Waals surface area contributed by atoms with E-state index in [0.717, 1.165) is 27.8 Å². The van der Waals surface area contributed by atoms with Gasteiger partial charge < -0.3 is 26.1 Å². The number of nitrogens with one attached hydrogen (secondary N) is 3. The van der Waals surface area contributed by atoms with Crippen LogP contribution in [-0.4, -0.2) is 29.9 Å². The molecule has 142 valence electrons. The van der Waals surface area contributed by atoms with E-state index in [1.165, 1.54) is 0 Å². The molecule has 2 amide bonds. The lowest BCUT2D eigenvalue weighted by Gasteiger charge is -2.09. The molecule has 2 aromatic carbocycles. The Labute approximate surface area is 161 Å². The predicted octanol–water partition coefficient (Wildman–Crippen LogP) is 2.95. The highest BCUT2D eigenvalue weighted by molar-refractivity contribution is 6.35. The van der Waals surface area contributed by atoms with Crippen LogP contribution >= 0.6 is 0 Å². The second-order valence-electron chi connectivity index (χ2n) is 6.71. The lowest BCUT2D eigenvalue weighted by Crippen LogP contribution is -2.32. The number of amides is 2. The number of aromatic amines is 1. The van der Waals surface area contributed by atoms with Crippen LogP contribution in [0.15, 0.2) is 42.6 Å². The molecule has 0 saturated heterocycles. The van der Waals surface area contributed by atoms with Crippen molar-refractivity contribution in [3.05, 3.63) is 53.7 Å². The number of benzene rings is 2. The maximum Gasteiger partial charge on any atom is 0.256 e. The van der Waals surface area contributed by atoms with Gasteiger partial charge in [-0.05, 0) is 43.3 Å². The van der Waals surface area contributed by atoms with E-state index >= 15 is 0 Å². The SMILES string of the molecule is COc1ccc2[nH]cc(/C=C3/C(=O)Nc4cc(NC(=O)[C@H](C)N)ccc43)c2c1. The number of rotatable bonds is 4. The van der Waals surface area contributed by atoms with Crippen molar-refractivity contribution < 1.29 is 14.3 Å². The molecular weight excluding hydrogens is 356 g/mol. The van der Waals surface area contributed by atoms with Crippen LogP contribution < -0.4 is 21.1 Å². The van der Waals surface area contributed by atoms with Crippen molar-refractivity contribution in [1.82, 2.24) is 4.98 Å². The minimum Gasteiger partial charge on any atom is -0.497 e. The van der Waals surface area contributed by atoms with Crippen molar-refractivity contribution in [2.45, 2.75) is 13.0 Å². The third-order valence-corrected chi connectivity index (χ3v) is 4.70. The van der Waals surface area contributed by atoms with Crippen LogP contribution in [0.5, 0.6) is 5.75 Å². The van der Waals surface area contributed by atoms with Crippen LogP contribution in [0, 0.1) is 0 Å². The number of carbonyl (C=O) groups excluding carboxylic acids is 2. The highest BCUT2D eigenvalue weighted by Crippen LogP contribution is 2.36. The lowest BCUT2D eigenvalue weighted by atomic mass is 10.0. The largest absolute Gasteiger partial charge is 0.497 e.